The molecule has 0 aromatic carbocycles. The highest BCUT2D eigenvalue weighted by Crippen LogP contribution is 2.21. The third-order valence-corrected chi connectivity index (χ3v) is 2.28. The first-order chi connectivity index (χ1) is 6.59. The van der Waals surface area contributed by atoms with Crippen LogP contribution in [0.25, 0.3) is 0 Å². The van der Waals surface area contributed by atoms with Crippen LogP contribution < -0.4 is 5.32 Å². The van der Waals surface area contributed by atoms with Crippen molar-refractivity contribution in [2.45, 2.75) is 18.4 Å². The molecule has 1 aliphatic rings. The van der Waals surface area contributed by atoms with Crippen molar-refractivity contribution in [2.75, 3.05) is 26.9 Å². The average Bonchev–Trinajstić information content (AvgIpc) is 2.63. The lowest BCUT2D eigenvalue weighted by atomic mass is 10.0. The number of hydrogen-bond donors (Lipinski definition) is 1. The van der Waals surface area contributed by atoms with Crippen LogP contribution in [0.4, 0.5) is 8.78 Å². The van der Waals surface area contributed by atoms with Gasteiger partial charge in [-0.1, -0.05) is 0 Å². The second-order valence-electron chi connectivity index (χ2n) is 3.21. The maximum Gasteiger partial charge on any atom is 0.315 e. The third-order valence-electron chi connectivity index (χ3n) is 2.28. The molecule has 1 heterocycles. The van der Waals surface area contributed by atoms with Gasteiger partial charge < -0.3 is 14.8 Å². The minimum atomic E-state index is -2.98. The van der Waals surface area contributed by atoms with E-state index in [1.165, 1.54) is 7.11 Å². The molecule has 0 saturated carbocycles. The van der Waals surface area contributed by atoms with E-state index in [1.54, 1.807) is 0 Å². The van der Waals surface area contributed by atoms with E-state index in [9.17, 15) is 13.6 Å². The number of hydrogen-bond acceptors (Lipinski definition) is 3. The molecule has 1 atom stereocenters. The van der Waals surface area contributed by atoms with Crippen molar-refractivity contribution in [3.05, 3.63) is 0 Å². The van der Waals surface area contributed by atoms with Crippen molar-refractivity contribution in [3.63, 3.8) is 0 Å². The van der Waals surface area contributed by atoms with Gasteiger partial charge in [0.25, 0.3) is 5.91 Å². The summed E-state index contributed by atoms with van der Waals surface area (Å²) in [5.74, 6) is -1.27. The van der Waals surface area contributed by atoms with Crippen molar-refractivity contribution in [3.8, 4) is 0 Å². The Bertz CT molecular complexity index is 205. The molecule has 82 valence electrons. The molecule has 6 heteroatoms. The number of rotatable bonds is 4. The minimum Gasteiger partial charge on any atom is -0.378 e. The summed E-state index contributed by atoms with van der Waals surface area (Å²) in [6, 6.07) is 0. The second-order valence-corrected chi connectivity index (χ2v) is 3.21. The fourth-order valence-electron chi connectivity index (χ4n) is 1.29. The molecule has 1 aliphatic heterocycles. The molecule has 1 amide bonds. The predicted octanol–water partition coefficient (Wildman–Crippen LogP) is 0.173. The van der Waals surface area contributed by atoms with Crippen LogP contribution in [-0.2, 0) is 14.3 Å². The maximum absolute atomic E-state index is 11.8. The maximum atomic E-state index is 11.8. The Labute approximate surface area is 80.6 Å². The van der Waals surface area contributed by atoms with E-state index in [4.69, 9.17) is 9.47 Å². The highest BCUT2D eigenvalue weighted by atomic mass is 19.3. The Hall–Kier alpha value is -0.750. The lowest BCUT2D eigenvalue weighted by molar-refractivity contribution is -0.133. The van der Waals surface area contributed by atoms with E-state index >= 15 is 0 Å². The van der Waals surface area contributed by atoms with Crippen molar-refractivity contribution >= 4 is 5.91 Å². The fourth-order valence-corrected chi connectivity index (χ4v) is 1.29. The molecule has 1 rings (SSSR count). The Morgan fingerprint density at radius 1 is 1.71 bits per heavy atom. The van der Waals surface area contributed by atoms with Gasteiger partial charge in [-0.25, -0.2) is 0 Å². The molecular formula is C8H13F2NO3. The van der Waals surface area contributed by atoms with Gasteiger partial charge in [0, 0.05) is 26.7 Å². The second kappa shape index (κ2) is 4.65. The largest absolute Gasteiger partial charge is 0.378 e. The molecule has 4 nitrogen and oxygen atoms in total. The zero-order valence-corrected chi connectivity index (χ0v) is 7.89. The molecule has 0 spiro atoms. The number of carbonyl (C=O) groups is 1. The summed E-state index contributed by atoms with van der Waals surface area (Å²) in [5.41, 5.74) is -0.634. The lowest BCUT2D eigenvalue weighted by Gasteiger charge is -2.25. The van der Waals surface area contributed by atoms with Crippen molar-refractivity contribution in [1.82, 2.24) is 5.32 Å². The summed E-state index contributed by atoms with van der Waals surface area (Å²) < 4.78 is 33.9. The zero-order valence-electron chi connectivity index (χ0n) is 7.89. The summed E-state index contributed by atoms with van der Waals surface area (Å²) in [6.07, 6.45) is -2.38. The van der Waals surface area contributed by atoms with Gasteiger partial charge in [-0.3, -0.25) is 4.79 Å². The summed E-state index contributed by atoms with van der Waals surface area (Å²) in [7, 11) is 1.48. The molecule has 1 unspecified atom stereocenters. The van der Waals surface area contributed by atoms with E-state index in [2.05, 4.69) is 5.32 Å². The summed E-state index contributed by atoms with van der Waals surface area (Å²) >= 11 is 0. The van der Waals surface area contributed by atoms with Crippen LogP contribution in [0, 0.1) is 0 Å². The number of alkyl halides is 2. The van der Waals surface area contributed by atoms with Crippen LogP contribution in [0.1, 0.15) is 6.42 Å². The Morgan fingerprint density at radius 3 is 2.86 bits per heavy atom. The molecule has 0 aromatic rings. The first-order valence-electron chi connectivity index (χ1n) is 4.28. The predicted molar refractivity (Wildman–Crippen MR) is 44.2 cm³/mol. The van der Waals surface area contributed by atoms with Gasteiger partial charge in [-0.2, -0.15) is 8.78 Å². The van der Waals surface area contributed by atoms with Crippen LogP contribution in [-0.4, -0.2) is 44.8 Å². The van der Waals surface area contributed by atoms with Gasteiger partial charge in [0.1, 0.15) is 5.60 Å². The molecular weight excluding hydrogens is 196 g/mol. The lowest BCUT2D eigenvalue weighted by Crippen LogP contribution is -2.46. The van der Waals surface area contributed by atoms with E-state index < -0.39 is 17.9 Å². The highest BCUT2D eigenvalue weighted by molar-refractivity contribution is 5.79. The SMILES string of the molecule is COC1(CNC(=O)C(F)F)CCOC1. The van der Waals surface area contributed by atoms with Gasteiger partial charge in [0.15, 0.2) is 0 Å². The van der Waals surface area contributed by atoms with Crippen molar-refractivity contribution in [2.24, 2.45) is 0 Å². The third kappa shape index (κ3) is 2.62. The van der Waals surface area contributed by atoms with Crippen LogP contribution in [0.5, 0.6) is 0 Å². The van der Waals surface area contributed by atoms with Crippen LogP contribution in [0.3, 0.4) is 0 Å². The molecule has 0 bridgehead atoms. The number of methoxy groups -OCH3 is 1. The van der Waals surface area contributed by atoms with E-state index in [-0.39, 0.29) is 6.54 Å². The number of halogens is 2. The molecule has 1 saturated heterocycles. The Balaban J connectivity index is 2.38. The summed E-state index contributed by atoms with van der Waals surface area (Å²) in [5, 5.41) is 2.12. The molecule has 0 aromatic heterocycles. The highest BCUT2D eigenvalue weighted by Gasteiger charge is 2.35. The minimum absolute atomic E-state index is 0.0622. The smallest absolute Gasteiger partial charge is 0.315 e. The Kier molecular flexibility index (Phi) is 3.77. The molecule has 14 heavy (non-hydrogen) atoms. The first-order valence-corrected chi connectivity index (χ1v) is 4.28. The zero-order chi connectivity index (χ0) is 10.6. The molecule has 0 aliphatic carbocycles. The topological polar surface area (TPSA) is 47.6 Å². The van der Waals surface area contributed by atoms with Gasteiger partial charge in [-0.15, -0.1) is 0 Å². The molecule has 0 radical (unpaired) electrons. The number of nitrogens with one attached hydrogen (secondary N) is 1. The van der Waals surface area contributed by atoms with E-state index in [0.717, 1.165) is 0 Å². The van der Waals surface area contributed by atoms with Crippen LogP contribution in [0.2, 0.25) is 0 Å². The molecule has 1 fully saturated rings. The number of carbonyl (C=O) groups excluding carboxylic acids is 1. The van der Waals surface area contributed by atoms with Crippen molar-refractivity contribution < 1.29 is 23.0 Å². The van der Waals surface area contributed by atoms with Gasteiger partial charge in [0.2, 0.25) is 0 Å². The average molecular weight is 209 g/mol. The van der Waals surface area contributed by atoms with Crippen molar-refractivity contribution in [1.29, 1.82) is 0 Å². The quantitative estimate of drug-likeness (QED) is 0.718. The first kappa shape index (κ1) is 11.3. The van der Waals surface area contributed by atoms with E-state index in [0.29, 0.717) is 19.6 Å². The monoisotopic (exact) mass is 209 g/mol. The van der Waals surface area contributed by atoms with Crippen LogP contribution in [0.15, 0.2) is 0 Å². The number of amides is 1. The fraction of sp³-hybridized carbons (Fsp3) is 0.875. The van der Waals surface area contributed by atoms with Crippen LogP contribution >= 0.6 is 0 Å². The standard InChI is InChI=1S/C8H13F2NO3/c1-13-8(2-3-14-5-8)4-11-7(12)6(9)10/h6H,2-5H2,1H3,(H,11,12). The van der Waals surface area contributed by atoms with Gasteiger partial charge in [0.05, 0.1) is 6.61 Å². The number of ether oxygens (including phenoxy) is 2. The van der Waals surface area contributed by atoms with Gasteiger partial charge >= 0.3 is 6.43 Å². The normalized spacial score (nSPS) is 26.9. The molecule has 1 N–H and O–H groups in total. The summed E-state index contributed by atoms with van der Waals surface area (Å²) in [4.78, 5) is 10.6. The summed E-state index contributed by atoms with van der Waals surface area (Å²) in [6.45, 7) is 0.915. The Morgan fingerprint density at radius 2 is 2.43 bits per heavy atom. The van der Waals surface area contributed by atoms with E-state index in [1.807, 2.05) is 0 Å². The van der Waals surface area contributed by atoms with Gasteiger partial charge in [-0.05, 0) is 0 Å².